The Bertz CT molecular complexity index is 1130. The van der Waals surface area contributed by atoms with E-state index in [-0.39, 0.29) is 23.5 Å². The fourth-order valence-corrected chi connectivity index (χ4v) is 10.3. The molecule has 5 rings (SSSR count). The van der Waals surface area contributed by atoms with Gasteiger partial charge in [-0.15, -0.1) is 0 Å². The number of unbranched alkanes of at least 4 members (excludes halogenated alkanes) is 1. The first-order valence-electron chi connectivity index (χ1n) is 13.9. The van der Waals surface area contributed by atoms with E-state index in [9.17, 15) is 0 Å². The van der Waals surface area contributed by atoms with Gasteiger partial charge in [0.25, 0.3) is 8.32 Å². The maximum atomic E-state index is 7.03. The Hall–Kier alpha value is -2.70. The van der Waals surface area contributed by atoms with Crippen LogP contribution < -0.4 is 10.4 Å². The molecule has 2 aliphatic heterocycles. The van der Waals surface area contributed by atoms with Gasteiger partial charge >= 0.3 is 0 Å². The lowest BCUT2D eigenvalue weighted by atomic mass is 10.0. The number of benzene rings is 3. The maximum Gasteiger partial charge on any atom is 0.261 e. The zero-order valence-electron chi connectivity index (χ0n) is 22.8. The number of hydrogen-bond acceptors (Lipinski definition) is 4. The third-order valence-corrected chi connectivity index (χ3v) is 12.7. The van der Waals surface area contributed by atoms with Crippen LogP contribution in [0.1, 0.15) is 58.3 Å². The van der Waals surface area contributed by atoms with Crippen LogP contribution in [0.15, 0.2) is 103 Å². The summed E-state index contributed by atoms with van der Waals surface area (Å²) >= 11 is 0. The topological polar surface area (TPSA) is 36.9 Å². The summed E-state index contributed by atoms with van der Waals surface area (Å²) in [6.45, 7) is 8.27. The molecule has 0 aliphatic carbocycles. The molecule has 0 radical (unpaired) electrons. The van der Waals surface area contributed by atoms with E-state index in [4.69, 9.17) is 18.6 Å². The highest BCUT2D eigenvalue weighted by Crippen LogP contribution is 2.37. The van der Waals surface area contributed by atoms with Gasteiger partial charge in [0.1, 0.15) is 12.2 Å². The largest absolute Gasteiger partial charge is 0.490 e. The smallest absolute Gasteiger partial charge is 0.261 e. The quantitative estimate of drug-likeness (QED) is 0.234. The van der Waals surface area contributed by atoms with E-state index < -0.39 is 8.32 Å². The van der Waals surface area contributed by atoms with Gasteiger partial charge in [-0.1, -0.05) is 112 Å². The Balaban J connectivity index is 1.18. The first kappa shape index (κ1) is 26.9. The number of ether oxygens (including phenoxy) is 3. The molecule has 3 aromatic carbocycles. The molecule has 3 aromatic rings. The Morgan fingerprint density at radius 3 is 2.00 bits per heavy atom. The number of allylic oxidation sites excluding steroid dienone is 1. The van der Waals surface area contributed by atoms with Crippen molar-refractivity contribution in [1.82, 2.24) is 0 Å². The minimum atomic E-state index is -2.48. The second kappa shape index (κ2) is 12.0. The van der Waals surface area contributed by atoms with Crippen molar-refractivity contribution in [2.45, 2.75) is 70.0 Å². The van der Waals surface area contributed by atoms with Crippen molar-refractivity contribution in [3.63, 3.8) is 0 Å². The predicted molar refractivity (Wildman–Crippen MR) is 155 cm³/mol. The molecular weight excluding hydrogens is 488 g/mol. The van der Waals surface area contributed by atoms with Crippen molar-refractivity contribution in [3.8, 4) is 0 Å². The highest BCUT2D eigenvalue weighted by molar-refractivity contribution is 6.99. The second-order valence-corrected chi connectivity index (χ2v) is 15.6. The monoisotopic (exact) mass is 528 g/mol. The molecule has 0 saturated carbocycles. The van der Waals surface area contributed by atoms with Gasteiger partial charge < -0.3 is 18.6 Å². The van der Waals surface area contributed by atoms with Crippen molar-refractivity contribution >= 4 is 18.7 Å². The van der Waals surface area contributed by atoms with E-state index in [0.29, 0.717) is 6.61 Å². The van der Waals surface area contributed by atoms with E-state index in [2.05, 4.69) is 87.5 Å². The van der Waals surface area contributed by atoms with Crippen LogP contribution in [-0.4, -0.2) is 33.7 Å². The number of rotatable bonds is 9. The summed E-state index contributed by atoms with van der Waals surface area (Å²) in [5.74, 6) is 1.06. The van der Waals surface area contributed by atoms with Crippen LogP contribution in [0, 0.1) is 0 Å². The molecule has 38 heavy (non-hydrogen) atoms. The van der Waals surface area contributed by atoms with Crippen LogP contribution in [-0.2, 0) is 18.6 Å². The van der Waals surface area contributed by atoms with Crippen LogP contribution in [0.4, 0.5) is 0 Å². The second-order valence-electron chi connectivity index (χ2n) is 11.3. The lowest BCUT2D eigenvalue weighted by molar-refractivity contribution is -0.262. The van der Waals surface area contributed by atoms with E-state index in [0.717, 1.165) is 43.6 Å². The van der Waals surface area contributed by atoms with Gasteiger partial charge in [-0.2, -0.15) is 0 Å². The Morgan fingerprint density at radius 2 is 1.39 bits per heavy atom. The molecule has 0 bridgehead atoms. The minimum Gasteiger partial charge on any atom is -0.490 e. The molecular formula is C33H40O4Si. The molecule has 1 fully saturated rings. The van der Waals surface area contributed by atoms with Gasteiger partial charge in [-0.3, -0.25) is 0 Å². The summed E-state index contributed by atoms with van der Waals surface area (Å²) in [6.07, 6.45) is 5.69. The summed E-state index contributed by atoms with van der Waals surface area (Å²) in [6, 6.07) is 31.8. The first-order chi connectivity index (χ1) is 18.5. The molecule has 5 heteroatoms. The first-order valence-corrected chi connectivity index (χ1v) is 15.8. The molecule has 0 spiro atoms. The summed E-state index contributed by atoms with van der Waals surface area (Å²) in [7, 11) is -2.48. The lowest BCUT2D eigenvalue weighted by Gasteiger charge is -2.43. The summed E-state index contributed by atoms with van der Waals surface area (Å²) in [4.78, 5) is 0. The van der Waals surface area contributed by atoms with Gasteiger partial charge in [0, 0.05) is 18.6 Å². The molecule has 0 amide bonds. The van der Waals surface area contributed by atoms with E-state index in [1.807, 2.05) is 30.3 Å². The summed E-state index contributed by atoms with van der Waals surface area (Å²) < 4.78 is 25.5. The number of fused-ring (bicyclic) bond motifs is 1. The third-order valence-electron chi connectivity index (χ3n) is 7.63. The molecule has 1 saturated heterocycles. The molecule has 2 heterocycles. The van der Waals surface area contributed by atoms with Gasteiger partial charge in [-0.05, 0) is 40.8 Å². The van der Waals surface area contributed by atoms with Gasteiger partial charge in [0.15, 0.2) is 6.29 Å². The molecule has 3 atom stereocenters. The van der Waals surface area contributed by atoms with Crippen LogP contribution in [0.2, 0.25) is 5.04 Å². The normalized spacial score (nSPS) is 21.8. The molecule has 200 valence electrons. The van der Waals surface area contributed by atoms with Crippen LogP contribution in [0.5, 0.6) is 0 Å². The summed E-state index contributed by atoms with van der Waals surface area (Å²) in [5.41, 5.74) is 1.06. The average molecular weight is 529 g/mol. The third kappa shape index (κ3) is 5.81. The predicted octanol–water partition coefficient (Wildman–Crippen LogP) is 6.52. The molecule has 2 aliphatic rings. The van der Waals surface area contributed by atoms with Gasteiger partial charge in [0.2, 0.25) is 0 Å². The van der Waals surface area contributed by atoms with Crippen molar-refractivity contribution in [2.75, 3.05) is 13.2 Å². The van der Waals surface area contributed by atoms with Crippen molar-refractivity contribution in [2.24, 2.45) is 0 Å². The average Bonchev–Trinajstić information content (AvgIpc) is 2.95. The van der Waals surface area contributed by atoms with Crippen LogP contribution in [0.25, 0.3) is 0 Å². The van der Waals surface area contributed by atoms with Crippen LogP contribution >= 0.6 is 0 Å². The Labute approximate surface area is 228 Å². The highest BCUT2D eigenvalue weighted by Gasteiger charge is 2.50. The van der Waals surface area contributed by atoms with E-state index >= 15 is 0 Å². The maximum absolute atomic E-state index is 7.03. The van der Waals surface area contributed by atoms with Crippen LogP contribution in [0.3, 0.4) is 0 Å². The molecule has 4 nitrogen and oxygen atoms in total. The number of hydrogen-bond donors (Lipinski definition) is 0. The van der Waals surface area contributed by atoms with E-state index in [1.54, 1.807) is 0 Å². The van der Waals surface area contributed by atoms with Gasteiger partial charge in [0.05, 0.1) is 12.4 Å². The fraction of sp³-hybridized carbons (Fsp3) is 0.394. The van der Waals surface area contributed by atoms with Crippen molar-refractivity contribution in [3.05, 3.63) is 108 Å². The summed E-state index contributed by atoms with van der Waals surface area (Å²) in [5, 5.41) is 2.65. The molecule has 0 N–H and O–H groups in total. The minimum absolute atomic E-state index is 0.00167. The standard InChI is InChI=1S/C33H40O4Si/c1-33(2,3)38(28-18-9-5-10-19-28,29-20-11-6-12-21-29)35-24-14-13-17-27-22-23-30-31(36-27)25-34-32(37-30)26-15-7-4-8-16-26/h4-12,15-16,18-22,30-32H,13-14,17,23-25H2,1-3H3/t30-,31+,32+/m0/s1. The highest BCUT2D eigenvalue weighted by atomic mass is 28.4. The van der Waals surface area contributed by atoms with Gasteiger partial charge in [-0.25, -0.2) is 0 Å². The zero-order chi connectivity index (χ0) is 26.4. The Kier molecular flexibility index (Phi) is 8.49. The fourth-order valence-electron chi connectivity index (χ4n) is 5.72. The molecule has 0 unspecified atom stereocenters. The molecule has 0 aromatic heterocycles. The van der Waals surface area contributed by atoms with Crippen molar-refractivity contribution in [1.29, 1.82) is 0 Å². The lowest BCUT2D eigenvalue weighted by Crippen LogP contribution is -2.66. The Morgan fingerprint density at radius 1 is 0.789 bits per heavy atom. The van der Waals surface area contributed by atoms with Crippen molar-refractivity contribution < 1.29 is 18.6 Å². The SMILES string of the molecule is CC(C)(C)[Si](OCCCCC1=CC[C@@H]2O[C@H](c3ccccc3)OC[C@H]2O1)(c1ccccc1)c1ccccc1. The van der Waals surface area contributed by atoms with E-state index in [1.165, 1.54) is 10.4 Å². The zero-order valence-corrected chi connectivity index (χ0v) is 23.8.